The first-order valence-corrected chi connectivity index (χ1v) is 22.2. The van der Waals surface area contributed by atoms with Gasteiger partial charge in [0.1, 0.15) is 11.0 Å². The molecule has 0 radical (unpaired) electrons. The number of thiazole rings is 1. The van der Waals surface area contributed by atoms with Crippen LogP contribution in [0.1, 0.15) is 96.7 Å². The summed E-state index contributed by atoms with van der Waals surface area (Å²) in [6, 6.07) is 5.95. The van der Waals surface area contributed by atoms with Crippen molar-refractivity contribution in [2.75, 3.05) is 40.6 Å². The average Bonchev–Trinajstić information content (AvgIpc) is 4.03. The molecule has 5 rings (SSSR count). The number of nitrogens with two attached hydrogens (primary N) is 1. The Morgan fingerprint density at radius 3 is 2.31 bits per heavy atom. The van der Waals surface area contributed by atoms with E-state index in [-0.39, 0.29) is 65.9 Å². The molecule has 1 aliphatic carbocycles. The molecule has 12 atom stereocenters. The van der Waals surface area contributed by atoms with Gasteiger partial charge >= 0.3 is 0 Å². The van der Waals surface area contributed by atoms with Crippen LogP contribution in [0.4, 0.5) is 5.69 Å². The number of aromatic nitrogens is 1. The van der Waals surface area contributed by atoms with Gasteiger partial charge in [0.05, 0.1) is 48.7 Å². The second kappa shape index (κ2) is 20.1. The number of piperidine rings is 1. The summed E-state index contributed by atoms with van der Waals surface area (Å²) in [4.78, 5) is 66.9. The maximum atomic E-state index is 14.4. The van der Waals surface area contributed by atoms with Gasteiger partial charge in [0, 0.05) is 51.1 Å². The molecule has 1 aromatic carbocycles. The fourth-order valence-electron chi connectivity index (χ4n) is 10.2. The molecule has 0 spiro atoms. The van der Waals surface area contributed by atoms with Crippen LogP contribution in [0.15, 0.2) is 35.8 Å². The number of carbonyl (C=O) groups excluding carboxylic acids is 4. The topological polar surface area (TPSA) is 159 Å². The van der Waals surface area contributed by atoms with Gasteiger partial charge in [0.15, 0.2) is 0 Å². The number of nitrogens with zero attached hydrogens (tertiary/aromatic N) is 4. The molecule has 2 aliphatic heterocycles. The van der Waals surface area contributed by atoms with Crippen LogP contribution in [0.5, 0.6) is 0 Å². The largest absolute Gasteiger partial charge is 0.399 e. The molecular weight excluding hydrogens is 755 g/mol. The minimum atomic E-state index is -0.722. The number of hydrogen-bond donors (Lipinski definition) is 3. The molecule has 2 aromatic rings. The highest BCUT2D eigenvalue weighted by Crippen LogP contribution is 2.46. The Hall–Kier alpha value is -3.59. The Morgan fingerprint density at radius 1 is 1.03 bits per heavy atom. The summed E-state index contributed by atoms with van der Waals surface area (Å²) >= 11 is 1.49. The van der Waals surface area contributed by atoms with Crippen LogP contribution in [0.2, 0.25) is 0 Å². The summed E-state index contributed by atoms with van der Waals surface area (Å²) in [6.07, 6.45) is 5.54. The van der Waals surface area contributed by atoms with Crippen LogP contribution in [0.25, 0.3) is 0 Å². The minimum Gasteiger partial charge on any atom is -0.399 e. The summed E-state index contributed by atoms with van der Waals surface area (Å²) in [6.45, 7) is 12.7. The predicted molar refractivity (Wildman–Crippen MR) is 228 cm³/mol. The van der Waals surface area contributed by atoms with Gasteiger partial charge < -0.3 is 35.6 Å². The summed E-state index contributed by atoms with van der Waals surface area (Å²) < 4.78 is 12.1. The van der Waals surface area contributed by atoms with Gasteiger partial charge in [-0.3, -0.25) is 24.1 Å². The highest BCUT2D eigenvalue weighted by atomic mass is 32.1. The van der Waals surface area contributed by atoms with E-state index in [2.05, 4.69) is 41.3 Å². The van der Waals surface area contributed by atoms with Gasteiger partial charge in [-0.05, 0) is 80.5 Å². The van der Waals surface area contributed by atoms with Crippen LogP contribution in [-0.2, 0) is 35.1 Å². The number of anilines is 1. The van der Waals surface area contributed by atoms with E-state index in [1.165, 1.54) is 11.3 Å². The zero-order chi connectivity index (χ0) is 42.4. The van der Waals surface area contributed by atoms with E-state index in [0.29, 0.717) is 37.0 Å². The number of amides is 4. The second-order valence-electron chi connectivity index (χ2n) is 17.5. The van der Waals surface area contributed by atoms with E-state index in [1.807, 2.05) is 62.4 Å². The molecule has 2 saturated heterocycles. The van der Waals surface area contributed by atoms with Crippen molar-refractivity contribution in [1.29, 1.82) is 0 Å². The fourth-order valence-corrected chi connectivity index (χ4v) is 10.8. The number of nitrogens with one attached hydrogen (secondary N) is 2. The number of nitrogen functional groups attached to an aromatic ring is 1. The number of benzene rings is 1. The number of carbonyl (C=O) groups is 4. The standard InChI is InChI=1S/C44H69N7O6S/c1-11-26(4)38(50(8)44(55)37(25(2)3)48-42(54)39-31-18-19-33(27(31)5)49(39)7)35(56-9)24-36(52)51-21-12-13-34(51)40(57-10)28(6)41(53)47-32(43-46-20-22-58-43)23-29-14-16-30(45)17-15-29/h14-17,20,22,25-28,31-35,37-40H,11-13,18-19,21,23-24,45H2,1-10H3,(H,47,53)(H,48,54)/t26-,27-,28+,31?,32-,33?,34-,35+,37-,38?,39-,40+/m0/s1. The van der Waals surface area contributed by atoms with E-state index in [1.54, 1.807) is 32.4 Å². The molecule has 1 aromatic heterocycles. The van der Waals surface area contributed by atoms with Gasteiger partial charge in [0.2, 0.25) is 23.6 Å². The van der Waals surface area contributed by atoms with Crippen molar-refractivity contribution in [3.63, 3.8) is 0 Å². The first-order valence-electron chi connectivity index (χ1n) is 21.3. The van der Waals surface area contributed by atoms with Crippen molar-refractivity contribution in [3.8, 4) is 0 Å². The molecule has 3 fully saturated rings. The lowest BCUT2D eigenvalue weighted by atomic mass is 9.89. The Kier molecular flexibility index (Phi) is 15.8. The average molecular weight is 824 g/mol. The highest BCUT2D eigenvalue weighted by Gasteiger charge is 2.53. The molecule has 14 heteroatoms. The van der Waals surface area contributed by atoms with Gasteiger partial charge in [0.25, 0.3) is 0 Å². The Labute approximate surface area is 350 Å². The number of hydrogen-bond acceptors (Lipinski definition) is 10. The monoisotopic (exact) mass is 824 g/mol. The quantitative estimate of drug-likeness (QED) is 0.167. The number of ether oxygens (including phenoxy) is 2. The van der Waals surface area contributed by atoms with Gasteiger partial charge in [-0.15, -0.1) is 11.3 Å². The summed E-state index contributed by atoms with van der Waals surface area (Å²) in [5, 5.41) is 9.09. The van der Waals surface area contributed by atoms with Gasteiger partial charge in [-0.1, -0.05) is 60.1 Å². The maximum Gasteiger partial charge on any atom is 0.245 e. The van der Waals surface area contributed by atoms with Crippen LogP contribution in [0.3, 0.4) is 0 Å². The van der Waals surface area contributed by atoms with Crippen LogP contribution < -0.4 is 16.4 Å². The zero-order valence-electron chi connectivity index (χ0n) is 36.4. The van der Waals surface area contributed by atoms with E-state index >= 15 is 0 Å². The van der Waals surface area contributed by atoms with Crippen molar-refractivity contribution in [1.82, 2.24) is 30.3 Å². The summed E-state index contributed by atoms with van der Waals surface area (Å²) in [5.74, 6) is -0.540. The molecule has 58 heavy (non-hydrogen) atoms. The molecule has 322 valence electrons. The Balaban J connectivity index is 1.27. The Bertz CT molecular complexity index is 1680. The molecule has 4 amide bonds. The van der Waals surface area contributed by atoms with E-state index in [9.17, 15) is 19.2 Å². The molecule has 3 aliphatic rings. The number of fused-ring (bicyclic) bond motifs is 2. The van der Waals surface area contributed by atoms with Crippen molar-refractivity contribution in [2.45, 2.75) is 135 Å². The maximum absolute atomic E-state index is 14.4. The van der Waals surface area contributed by atoms with E-state index in [0.717, 1.165) is 36.3 Å². The summed E-state index contributed by atoms with van der Waals surface area (Å²) in [7, 11) is 6.99. The first-order chi connectivity index (χ1) is 27.6. The third-order valence-electron chi connectivity index (χ3n) is 13.7. The Morgan fingerprint density at radius 2 is 1.74 bits per heavy atom. The molecule has 4 N–H and O–H groups in total. The lowest BCUT2D eigenvalue weighted by molar-refractivity contribution is -0.148. The normalized spacial score (nSPS) is 25.5. The number of methoxy groups -OCH3 is 2. The van der Waals surface area contributed by atoms with Crippen molar-refractivity contribution in [2.24, 2.45) is 29.6 Å². The SMILES string of the molecule is CC[C@H](C)C([C@@H](CC(=O)N1CCC[C@H]1[C@H](OC)[C@@H](C)C(=O)N[C@@H](Cc1ccc(N)cc1)c1nccs1)OC)N(C)C(=O)[C@@H](NC(=O)[C@@H]1C2CCC([C@H]2C)N1C)C(C)C. The number of likely N-dealkylation sites (tertiary alicyclic amines) is 2. The third kappa shape index (κ3) is 9.88. The van der Waals surface area contributed by atoms with Gasteiger partial charge in [-0.25, -0.2) is 4.98 Å². The van der Waals surface area contributed by atoms with Crippen molar-refractivity contribution in [3.05, 3.63) is 46.4 Å². The lowest BCUT2D eigenvalue weighted by Gasteiger charge is -2.41. The summed E-state index contributed by atoms with van der Waals surface area (Å²) in [5.41, 5.74) is 7.61. The lowest BCUT2D eigenvalue weighted by Crippen LogP contribution is -2.60. The van der Waals surface area contributed by atoms with Crippen molar-refractivity contribution >= 4 is 40.7 Å². The first kappa shape index (κ1) is 45.5. The van der Waals surface area contributed by atoms with Crippen LogP contribution >= 0.6 is 11.3 Å². The number of likely N-dealkylation sites (N-methyl/N-ethyl adjacent to an activating group) is 2. The van der Waals surface area contributed by atoms with Crippen LogP contribution in [-0.4, -0.2) is 121 Å². The fraction of sp³-hybridized carbons (Fsp3) is 0.705. The zero-order valence-corrected chi connectivity index (χ0v) is 37.2. The highest BCUT2D eigenvalue weighted by molar-refractivity contribution is 7.09. The molecule has 13 nitrogen and oxygen atoms in total. The van der Waals surface area contributed by atoms with Crippen LogP contribution in [0, 0.1) is 29.6 Å². The predicted octanol–water partition coefficient (Wildman–Crippen LogP) is 4.92. The minimum absolute atomic E-state index is 0.00314. The van der Waals surface area contributed by atoms with E-state index in [4.69, 9.17) is 15.2 Å². The molecule has 1 saturated carbocycles. The van der Waals surface area contributed by atoms with E-state index < -0.39 is 30.2 Å². The molecular formula is C44H69N7O6S. The second-order valence-corrected chi connectivity index (χ2v) is 18.4. The molecule has 2 bridgehead atoms. The van der Waals surface area contributed by atoms with Gasteiger partial charge in [-0.2, -0.15) is 0 Å². The number of rotatable bonds is 19. The molecule has 3 unspecified atom stereocenters. The smallest absolute Gasteiger partial charge is 0.245 e. The third-order valence-corrected chi connectivity index (χ3v) is 14.6. The van der Waals surface area contributed by atoms with Crippen molar-refractivity contribution < 1.29 is 28.7 Å². The molecule has 3 heterocycles.